The SMILES string of the molecule is CCOC(=O)[C@@H](Cc1ccccc1OCc1cnccn1)Oc1ncnc2oc(-c3ccc(Cl)o3)c(Br)c12. The third kappa shape index (κ3) is 5.63. The smallest absolute Gasteiger partial charge is 0.347 e. The third-order valence-electron chi connectivity index (χ3n) is 5.37. The lowest BCUT2D eigenvalue weighted by molar-refractivity contribution is -0.151. The molecule has 0 amide bonds. The van der Waals surface area contributed by atoms with Crippen molar-refractivity contribution in [1.82, 2.24) is 19.9 Å². The molecule has 0 radical (unpaired) electrons. The van der Waals surface area contributed by atoms with Crippen molar-refractivity contribution in [3.05, 3.63) is 82.3 Å². The summed E-state index contributed by atoms with van der Waals surface area (Å²) in [6, 6.07) is 10.6. The molecule has 5 rings (SSSR count). The van der Waals surface area contributed by atoms with Gasteiger partial charge < -0.3 is 23.0 Å². The zero-order valence-electron chi connectivity index (χ0n) is 20.0. The van der Waals surface area contributed by atoms with Crippen molar-refractivity contribution in [2.45, 2.75) is 26.1 Å². The van der Waals surface area contributed by atoms with Crippen molar-refractivity contribution in [3.63, 3.8) is 0 Å². The summed E-state index contributed by atoms with van der Waals surface area (Å²) in [6.45, 7) is 2.12. The highest BCUT2D eigenvalue weighted by molar-refractivity contribution is 9.10. The second-order valence-corrected chi connectivity index (χ2v) is 9.03. The van der Waals surface area contributed by atoms with Crippen LogP contribution in [0.3, 0.4) is 0 Å². The molecule has 12 heteroatoms. The normalized spacial score (nSPS) is 11.9. The number of benzene rings is 1. The maximum absolute atomic E-state index is 13.0. The maximum Gasteiger partial charge on any atom is 0.347 e. The summed E-state index contributed by atoms with van der Waals surface area (Å²) in [4.78, 5) is 29.7. The van der Waals surface area contributed by atoms with Gasteiger partial charge in [0.2, 0.25) is 17.7 Å². The minimum absolute atomic E-state index is 0.130. The standard InChI is InChI=1S/C26H20BrClN4O6/c1-2-34-26(33)19(11-15-5-3-4-6-17(15)35-13-16-12-29-9-10-30-16)37-24-21-22(27)23(18-7-8-20(28)36-18)38-25(21)32-14-31-24/h3-10,12,14,19H,2,11,13H2,1H3/t19-/m1/s1. The third-order valence-corrected chi connectivity index (χ3v) is 6.33. The predicted octanol–water partition coefficient (Wildman–Crippen LogP) is 5.82. The van der Waals surface area contributed by atoms with E-state index in [0.29, 0.717) is 32.8 Å². The molecule has 0 fully saturated rings. The Morgan fingerprint density at radius 2 is 1.97 bits per heavy atom. The van der Waals surface area contributed by atoms with Gasteiger partial charge in [-0.15, -0.1) is 0 Å². The van der Waals surface area contributed by atoms with E-state index >= 15 is 0 Å². The number of furan rings is 2. The van der Waals surface area contributed by atoms with Gasteiger partial charge in [0.15, 0.2) is 16.7 Å². The number of aromatic nitrogens is 4. The fourth-order valence-corrected chi connectivity index (χ4v) is 4.43. The van der Waals surface area contributed by atoms with Gasteiger partial charge in [-0.3, -0.25) is 9.97 Å². The molecule has 1 atom stereocenters. The van der Waals surface area contributed by atoms with Gasteiger partial charge in [0.05, 0.1) is 23.0 Å². The van der Waals surface area contributed by atoms with Gasteiger partial charge in [0, 0.05) is 18.8 Å². The fraction of sp³-hybridized carbons (Fsp3) is 0.192. The van der Waals surface area contributed by atoms with Crippen LogP contribution < -0.4 is 9.47 Å². The number of ether oxygens (including phenoxy) is 3. The second kappa shape index (κ2) is 11.6. The molecule has 0 saturated carbocycles. The molecule has 10 nitrogen and oxygen atoms in total. The molecule has 0 unspecified atom stereocenters. The summed E-state index contributed by atoms with van der Waals surface area (Å²) in [5.74, 6) is 0.895. The van der Waals surface area contributed by atoms with E-state index < -0.39 is 12.1 Å². The molecular formula is C26H20BrClN4O6. The summed E-state index contributed by atoms with van der Waals surface area (Å²) < 4.78 is 29.3. The van der Waals surface area contributed by atoms with E-state index in [9.17, 15) is 4.79 Å². The molecule has 5 aromatic rings. The average Bonchev–Trinajstić information content (AvgIpc) is 3.51. The topological polar surface area (TPSA) is 123 Å². The molecule has 0 saturated heterocycles. The van der Waals surface area contributed by atoms with Crippen LogP contribution in [0.15, 0.2) is 74.6 Å². The number of para-hydroxylation sites is 1. The zero-order chi connectivity index (χ0) is 26.5. The summed E-state index contributed by atoms with van der Waals surface area (Å²) >= 11 is 9.45. The first-order chi connectivity index (χ1) is 18.5. The Labute approximate surface area is 230 Å². The highest BCUT2D eigenvalue weighted by Crippen LogP contribution is 2.41. The molecule has 0 aliphatic carbocycles. The van der Waals surface area contributed by atoms with Crippen molar-refractivity contribution in [2.24, 2.45) is 0 Å². The molecule has 0 aliphatic heterocycles. The molecule has 4 heterocycles. The fourth-order valence-electron chi connectivity index (χ4n) is 3.67. The summed E-state index contributed by atoms with van der Waals surface area (Å²) in [5, 5.41) is 0.633. The largest absolute Gasteiger partial charge is 0.487 e. The number of hydrogen-bond donors (Lipinski definition) is 0. The van der Waals surface area contributed by atoms with Crippen molar-refractivity contribution >= 4 is 44.6 Å². The number of carbonyl (C=O) groups excluding carboxylic acids is 1. The number of rotatable bonds is 10. The predicted molar refractivity (Wildman–Crippen MR) is 140 cm³/mol. The Morgan fingerprint density at radius 1 is 1.11 bits per heavy atom. The van der Waals surface area contributed by atoms with E-state index in [1.54, 1.807) is 37.6 Å². The van der Waals surface area contributed by atoms with Crippen LogP contribution in [0.1, 0.15) is 18.2 Å². The van der Waals surface area contributed by atoms with Crippen LogP contribution in [-0.2, 0) is 22.6 Å². The first-order valence-electron chi connectivity index (χ1n) is 11.5. The van der Waals surface area contributed by atoms with Gasteiger partial charge in [0.25, 0.3) is 0 Å². The van der Waals surface area contributed by atoms with Crippen LogP contribution in [0.5, 0.6) is 11.6 Å². The van der Waals surface area contributed by atoms with Crippen molar-refractivity contribution < 1.29 is 27.8 Å². The Morgan fingerprint density at radius 3 is 2.74 bits per heavy atom. The second-order valence-electron chi connectivity index (χ2n) is 7.86. The first kappa shape index (κ1) is 25.7. The van der Waals surface area contributed by atoms with Crippen LogP contribution in [0.25, 0.3) is 22.6 Å². The number of nitrogens with zero attached hydrogens (tertiary/aromatic N) is 4. The van der Waals surface area contributed by atoms with Gasteiger partial charge in [-0.05, 0) is 58.2 Å². The zero-order valence-corrected chi connectivity index (χ0v) is 22.3. The quantitative estimate of drug-likeness (QED) is 0.181. The van der Waals surface area contributed by atoms with Crippen LogP contribution in [0, 0.1) is 0 Å². The minimum Gasteiger partial charge on any atom is -0.487 e. The highest BCUT2D eigenvalue weighted by Gasteiger charge is 2.28. The molecule has 0 spiro atoms. The number of fused-ring (bicyclic) bond motifs is 1. The Kier molecular flexibility index (Phi) is 7.85. The lowest BCUT2D eigenvalue weighted by Gasteiger charge is -2.19. The molecule has 4 aromatic heterocycles. The highest BCUT2D eigenvalue weighted by atomic mass is 79.9. The summed E-state index contributed by atoms with van der Waals surface area (Å²) in [6.07, 6.45) is 5.20. The van der Waals surface area contributed by atoms with E-state index in [-0.39, 0.29) is 36.4 Å². The summed E-state index contributed by atoms with van der Waals surface area (Å²) in [7, 11) is 0. The van der Waals surface area contributed by atoms with Crippen LogP contribution in [0.4, 0.5) is 0 Å². The van der Waals surface area contributed by atoms with Crippen molar-refractivity contribution in [3.8, 4) is 23.1 Å². The molecular weight excluding hydrogens is 580 g/mol. The monoisotopic (exact) mass is 598 g/mol. The van der Waals surface area contributed by atoms with Crippen molar-refractivity contribution in [1.29, 1.82) is 0 Å². The van der Waals surface area contributed by atoms with E-state index in [4.69, 9.17) is 34.6 Å². The molecule has 0 aliphatic rings. The number of carbonyl (C=O) groups is 1. The lowest BCUT2D eigenvalue weighted by Crippen LogP contribution is -2.32. The van der Waals surface area contributed by atoms with Crippen molar-refractivity contribution in [2.75, 3.05) is 6.61 Å². The Balaban J connectivity index is 1.44. The molecule has 194 valence electrons. The number of hydrogen-bond acceptors (Lipinski definition) is 10. The van der Waals surface area contributed by atoms with Gasteiger partial charge in [0.1, 0.15) is 24.1 Å². The average molecular weight is 600 g/mol. The van der Waals surface area contributed by atoms with Crippen LogP contribution >= 0.6 is 27.5 Å². The Hall–Kier alpha value is -3.96. The molecule has 38 heavy (non-hydrogen) atoms. The molecule has 1 aromatic carbocycles. The maximum atomic E-state index is 13.0. The van der Waals surface area contributed by atoms with E-state index in [1.807, 2.05) is 24.3 Å². The van der Waals surface area contributed by atoms with Gasteiger partial charge in [-0.2, -0.15) is 0 Å². The van der Waals surface area contributed by atoms with E-state index in [0.717, 1.165) is 5.56 Å². The molecule has 0 N–H and O–H groups in total. The van der Waals surface area contributed by atoms with Gasteiger partial charge in [-0.25, -0.2) is 14.8 Å². The van der Waals surface area contributed by atoms with Gasteiger partial charge >= 0.3 is 5.97 Å². The molecule has 0 bridgehead atoms. The van der Waals surface area contributed by atoms with E-state index in [2.05, 4.69) is 35.9 Å². The van der Waals surface area contributed by atoms with E-state index in [1.165, 1.54) is 6.33 Å². The Bertz CT molecular complexity index is 1560. The first-order valence-corrected chi connectivity index (χ1v) is 12.7. The minimum atomic E-state index is -1.04. The number of halogens is 2. The number of esters is 1. The van der Waals surface area contributed by atoms with Crippen LogP contribution in [0.2, 0.25) is 5.22 Å². The van der Waals surface area contributed by atoms with Gasteiger partial charge in [-0.1, -0.05) is 18.2 Å². The summed E-state index contributed by atoms with van der Waals surface area (Å²) in [5.41, 5.74) is 1.64. The lowest BCUT2D eigenvalue weighted by atomic mass is 10.1. The van der Waals surface area contributed by atoms with Crippen LogP contribution in [-0.4, -0.2) is 38.6 Å².